The average Bonchev–Trinajstić information content (AvgIpc) is 3.33. The molecule has 0 atom stereocenters. The van der Waals surface area contributed by atoms with Crippen molar-refractivity contribution in [2.45, 2.75) is 18.8 Å². The van der Waals surface area contributed by atoms with Crippen molar-refractivity contribution < 1.29 is 19.2 Å². The lowest BCUT2D eigenvalue weighted by Gasteiger charge is -2.05. The van der Waals surface area contributed by atoms with E-state index in [1.165, 1.54) is 17.4 Å². The highest BCUT2D eigenvalue weighted by molar-refractivity contribution is 7.14. The normalized spacial score (nSPS) is 13.4. The Morgan fingerprint density at radius 2 is 2.04 bits per heavy atom. The van der Waals surface area contributed by atoms with Gasteiger partial charge in [-0.05, 0) is 18.9 Å². The summed E-state index contributed by atoms with van der Waals surface area (Å²) in [6.07, 6.45) is 2.20. The van der Waals surface area contributed by atoms with Crippen molar-refractivity contribution in [3.63, 3.8) is 0 Å². The molecule has 1 fully saturated rings. The molecule has 0 radical (unpaired) electrons. The summed E-state index contributed by atoms with van der Waals surface area (Å²) in [6, 6.07) is 3.43. The minimum absolute atomic E-state index is 0.00669. The van der Waals surface area contributed by atoms with Crippen LogP contribution in [0.1, 0.15) is 45.2 Å². The lowest BCUT2D eigenvalue weighted by molar-refractivity contribution is -0.384. The zero-order valence-electron chi connectivity index (χ0n) is 12.6. The van der Waals surface area contributed by atoms with Crippen LogP contribution in [0.2, 0.25) is 0 Å². The van der Waals surface area contributed by atoms with E-state index in [2.05, 4.69) is 15.0 Å². The second-order valence-corrected chi connectivity index (χ2v) is 6.18. The summed E-state index contributed by atoms with van der Waals surface area (Å²) in [5, 5.41) is 15.9. The number of carbonyl (C=O) groups is 2. The molecule has 1 amide bonds. The number of thiazole rings is 1. The van der Waals surface area contributed by atoms with Gasteiger partial charge in [0.15, 0.2) is 5.13 Å². The molecule has 2 aromatic rings. The van der Waals surface area contributed by atoms with Gasteiger partial charge >= 0.3 is 5.97 Å². The number of ether oxygens (including phenoxy) is 1. The molecular weight excluding hydrogens is 334 g/mol. The third-order valence-corrected chi connectivity index (χ3v) is 4.33. The average molecular weight is 347 g/mol. The van der Waals surface area contributed by atoms with Gasteiger partial charge in [0.25, 0.3) is 11.6 Å². The van der Waals surface area contributed by atoms with E-state index in [1.807, 2.05) is 5.38 Å². The molecule has 1 saturated carbocycles. The number of nitrogens with one attached hydrogen (secondary N) is 1. The van der Waals surface area contributed by atoms with Crippen LogP contribution in [0, 0.1) is 10.1 Å². The van der Waals surface area contributed by atoms with Crippen LogP contribution in [0.15, 0.2) is 23.6 Å². The maximum absolute atomic E-state index is 12.3. The van der Waals surface area contributed by atoms with E-state index < -0.39 is 16.8 Å². The molecule has 0 saturated heterocycles. The molecule has 0 spiro atoms. The number of amides is 1. The Morgan fingerprint density at radius 1 is 1.33 bits per heavy atom. The van der Waals surface area contributed by atoms with Crippen molar-refractivity contribution in [1.82, 2.24) is 4.98 Å². The van der Waals surface area contributed by atoms with E-state index in [0.717, 1.165) is 37.8 Å². The maximum atomic E-state index is 12.3. The Balaban J connectivity index is 1.85. The summed E-state index contributed by atoms with van der Waals surface area (Å²) in [5.74, 6) is -0.853. The van der Waals surface area contributed by atoms with Crippen LogP contribution >= 0.6 is 11.3 Å². The fourth-order valence-corrected chi connectivity index (χ4v) is 2.95. The molecule has 124 valence electrons. The summed E-state index contributed by atoms with van der Waals surface area (Å²) in [4.78, 5) is 38.6. The molecule has 0 unspecified atom stereocenters. The fraction of sp³-hybridized carbons (Fsp3) is 0.267. The van der Waals surface area contributed by atoms with Crippen molar-refractivity contribution in [2.24, 2.45) is 0 Å². The van der Waals surface area contributed by atoms with Gasteiger partial charge in [0, 0.05) is 29.0 Å². The Labute approximate surface area is 140 Å². The van der Waals surface area contributed by atoms with E-state index in [1.54, 1.807) is 0 Å². The fourth-order valence-electron chi connectivity index (χ4n) is 2.16. The monoisotopic (exact) mass is 347 g/mol. The third kappa shape index (κ3) is 3.40. The van der Waals surface area contributed by atoms with Crippen molar-refractivity contribution in [3.8, 4) is 0 Å². The van der Waals surface area contributed by atoms with E-state index in [0.29, 0.717) is 11.0 Å². The maximum Gasteiger partial charge on any atom is 0.338 e. The molecule has 8 nitrogen and oxygen atoms in total. The Bertz CT molecular complexity index is 828. The van der Waals surface area contributed by atoms with Crippen molar-refractivity contribution in [2.75, 3.05) is 12.4 Å². The number of carbonyl (C=O) groups excluding carboxylic acids is 2. The van der Waals surface area contributed by atoms with Gasteiger partial charge in [0.05, 0.1) is 23.3 Å². The summed E-state index contributed by atoms with van der Waals surface area (Å²) >= 11 is 1.30. The molecule has 1 aromatic heterocycles. The van der Waals surface area contributed by atoms with Crippen molar-refractivity contribution in [1.29, 1.82) is 0 Å². The smallest absolute Gasteiger partial charge is 0.338 e. The number of esters is 1. The molecule has 9 heteroatoms. The second kappa shape index (κ2) is 6.36. The van der Waals surface area contributed by atoms with Gasteiger partial charge in [-0.2, -0.15) is 0 Å². The number of rotatable bonds is 5. The lowest BCUT2D eigenvalue weighted by atomic mass is 10.1. The molecular formula is C15H13N3O5S. The number of hydrogen-bond acceptors (Lipinski definition) is 7. The first kappa shape index (κ1) is 16.1. The van der Waals surface area contributed by atoms with E-state index in [9.17, 15) is 19.7 Å². The van der Waals surface area contributed by atoms with Crippen LogP contribution in [-0.2, 0) is 4.74 Å². The molecule has 1 aliphatic rings. The molecule has 0 bridgehead atoms. The first-order valence-electron chi connectivity index (χ1n) is 7.12. The quantitative estimate of drug-likeness (QED) is 0.505. The van der Waals surface area contributed by atoms with E-state index in [4.69, 9.17) is 0 Å². The minimum Gasteiger partial charge on any atom is -0.465 e. The van der Waals surface area contributed by atoms with Crippen molar-refractivity contribution in [3.05, 3.63) is 50.5 Å². The molecule has 0 aliphatic heterocycles. The standard InChI is InChI=1S/C15H13N3O5S/c1-23-14(20)10-4-9(5-11(6-10)18(21)22)13(19)17-15-16-12(7-24-15)8-2-3-8/h4-8H,2-3H2,1H3,(H,16,17,19). The Hall–Kier alpha value is -2.81. The zero-order chi connectivity index (χ0) is 17.3. The van der Waals surface area contributed by atoms with Crippen LogP contribution < -0.4 is 5.32 Å². The highest BCUT2D eigenvalue weighted by Gasteiger charge is 2.26. The van der Waals surface area contributed by atoms with Gasteiger partial charge in [-0.3, -0.25) is 20.2 Å². The van der Waals surface area contributed by atoms with Crippen molar-refractivity contribution >= 4 is 34.0 Å². The van der Waals surface area contributed by atoms with Gasteiger partial charge in [0.1, 0.15) is 0 Å². The molecule has 24 heavy (non-hydrogen) atoms. The largest absolute Gasteiger partial charge is 0.465 e. The zero-order valence-corrected chi connectivity index (χ0v) is 13.5. The summed E-state index contributed by atoms with van der Waals surface area (Å²) < 4.78 is 4.56. The number of aromatic nitrogens is 1. The number of methoxy groups -OCH3 is 1. The number of nitrogens with zero attached hydrogens (tertiary/aromatic N) is 2. The van der Waals surface area contributed by atoms with Gasteiger partial charge in [-0.15, -0.1) is 11.3 Å². The topological polar surface area (TPSA) is 111 Å². The van der Waals surface area contributed by atoms with Gasteiger partial charge in [-0.25, -0.2) is 9.78 Å². The van der Waals surface area contributed by atoms with Gasteiger partial charge in [0.2, 0.25) is 0 Å². The molecule has 1 N–H and O–H groups in total. The number of anilines is 1. The van der Waals surface area contributed by atoms with Crippen LogP contribution in [0.5, 0.6) is 0 Å². The summed E-state index contributed by atoms with van der Waals surface area (Å²) in [6.45, 7) is 0. The van der Waals surface area contributed by atoms with Gasteiger partial charge < -0.3 is 4.74 Å². The number of benzene rings is 1. The predicted octanol–water partition coefficient (Wildman–Crippen LogP) is 2.97. The molecule has 1 aliphatic carbocycles. The highest BCUT2D eigenvalue weighted by Crippen LogP contribution is 2.40. The van der Waals surface area contributed by atoms with Crippen LogP contribution in [0.25, 0.3) is 0 Å². The molecule has 3 rings (SSSR count). The van der Waals surface area contributed by atoms with Crippen LogP contribution in [0.3, 0.4) is 0 Å². The third-order valence-electron chi connectivity index (χ3n) is 3.55. The first-order chi connectivity index (χ1) is 11.5. The Morgan fingerprint density at radius 3 is 2.67 bits per heavy atom. The summed E-state index contributed by atoms with van der Waals surface area (Å²) in [5.41, 5.74) is 0.521. The van der Waals surface area contributed by atoms with Crippen LogP contribution in [-0.4, -0.2) is 28.9 Å². The lowest BCUT2D eigenvalue weighted by Crippen LogP contribution is -2.14. The van der Waals surface area contributed by atoms with E-state index >= 15 is 0 Å². The second-order valence-electron chi connectivity index (χ2n) is 5.32. The predicted molar refractivity (Wildman–Crippen MR) is 86.5 cm³/mol. The molecule has 1 heterocycles. The number of nitro groups is 1. The molecule has 1 aromatic carbocycles. The number of nitro benzene ring substituents is 1. The number of hydrogen-bond donors (Lipinski definition) is 1. The summed E-state index contributed by atoms with van der Waals surface area (Å²) in [7, 11) is 1.16. The van der Waals surface area contributed by atoms with E-state index in [-0.39, 0.29) is 16.8 Å². The first-order valence-corrected chi connectivity index (χ1v) is 8.00. The Kier molecular flexibility index (Phi) is 4.26. The highest BCUT2D eigenvalue weighted by atomic mass is 32.1. The number of non-ortho nitro benzene ring substituents is 1. The SMILES string of the molecule is COC(=O)c1cc(C(=O)Nc2nc(C3CC3)cs2)cc([N+](=O)[O-])c1. The van der Waals surface area contributed by atoms with Crippen LogP contribution in [0.4, 0.5) is 10.8 Å². The van der Waals surface area contributed by atoms with Gasteiger partial charge in [-0.1, -0.05) is 0 Å². The minimum atomic E-state index is -0.752.